The molecule has 1 aliphatic heterocycles. The Morgan fingerprint density at radius 2 is 2.16 bits per heavy atom. The number of carbonyl (C=O) groups excluding carboxylic acids is 1. The van der Waals surface area contributed by atoms with Gasteiger partial charge in [-0.15, -0.1) is 0 Å². The molecule has 1 heterocycles. The normalized spacial score (nSPS) is 22.5. The number of rotatable bonds is 3. The maximum Gasteiger partial charge on any atom is 0.337 e. The van der Waals surface area contributed by atoms with Crippen LogP contribution in [0.15, 0.2) is 22.7 Å². The number of nitrogens with two attached hydrogens (primary N) is 1. The van der Waals surface area contributed by atoms with E-state index in [1.807, 2.05) is 11.8 Å². The minimum absolute atomic E-state index is 0.233. The fourth-order valence-corrected chi connectivity index (χ4v) is 2.66. The van der Waals surface area contributed by atoms with E-state index in [0.717, 1.165) is 4.47 Å². The lowest BCUT2D eigenvalue weighted by molar-refractivity contribution is -0.125. The molecule has 0 spiro atoms. The van der Waals surface area contributed by atoms with Gasteiger partial charge in [0.15, 0.2) is 0 Å². The van der Waals surface area contributed by atoms with Crippen LogP contribution >= 0.6 is 15.9 Å². The van der Waals surface area contributed by atoms with Crippen molar-refractivity contribution in [3.05, 3.63) is 28.2 Å². The van der Waals surface area contributed by atoms with E-state index in [1.165, 1.54) is 0 Å². The number of primary amides is 1. The second kappa shape index (κ2) is 4.85. The smallest absolute Gasteiger partial charge is 0.337 e. The van der Waals surface area contributed by atoms with Crippen molar-refractivity contribution in [2.24, 2.45) is 11.1 Å². The molecule has 1 fully saturated rings. The largest absolute Gasteiger partial charge is 0.478 e. The predicted octanol–water partition coefficient (Wildman–Crippen LogP) is 1.85. The summed E-state index contributed by atoms with van der Waals surface area (Å²) >= 11 is 3.34. The van der Waals surface area contributed by atoms with Crippen molar-refractivity contribution in [1.29, 1.82) is 0 Å². The van der Waals surface area contributed by atoms with E-state index in [1.54, 1.807) is 18.2 Å². The molecule has 0 aliphatic carbocycles. The number of carboxylic acid groups (broad SMARTS) is 1. The number of nitrogens with zero attached hydrogens (tertiary/aromatic N) is 1. The van der Waals surface area contributed by atoms with Crippen LogP contribution in [-0.4, -0.2) is 30.1 Å². The molecule has 2 rings (SSSR count). The van der Waals surface area contributed by atoms with Crippen molar-refractivity contribution in [2.45, 2.75) is 13.3 Å². The number of hydrogen-bond donors (Lipinski definition) is 2. The van der Waals surface area contributed by atoms with Crippen LogP contribution in [0.4, 0.5) is 5.69 Å². The lowest BCUT2D eigenvalue weighted by atomic mass is 9.89. The Morgan fingerprint density at radius 1 is 1.47 bits per heavy atom. The zero-order valence-electron chi connectivity index (χ0n) is 10.5. The van der Waals surface area contributed by atoms with Crippen LogP contribution in [0.25, 0.3) is 0 Å². The second-order valence-corrected chi connectivity index (χ2v) is 5.98. The van der Waals surface area contributed by atoms with Gasteiger partial charge in [0.2, 0.25) is 5.91 Å². The number of carboxylic acids is 1. The lowest BCUT2D eigenvalue weighted by Gasteiger charge is -2.24. The van der Waals surface area contributed by atoms with Crippen molar-refractivity contribution >= 4 is 33.5 Å². The molecule has 0 radical (unpaired) electrons. The Balaban J connectivity index is 2.36. The summed E-state index contributed by atoms with van der Waals surface area (Å²) < 4.78 is 0.806. The van der Waals surface area contributed by atoms with Gasteiger partial charge in [-0.2, -0.15) is 0 Å². The number of hydrogen-bond acceptors (Lipinski definition) is 3. The molecule has 102 valence electrons. The summed E-state index contributed by atoms with van der Waals surface area (Å²) in [4.78, 5) is 24.6. The zero-order chi connectivity index (χ0) is 14.2. The van der Waals surface area contributed by atoms with Crippen LogP contribution in [0.5, 0.6) is 0 Å². The van der Waals surface area contributed by atoms with Crippen molar-refractivity contribution in [1.82, 2.24) is 0 Å². The van der Waals surface area contributed by atoms with E-state index >= 15 is 0 Å². The first-order valence-electron chi connectivity index (χ1n) is 5.91. The minimum atomic E-state index is -0.977. The van der Waals surface area contributed by atoms with E-state index in [9.17, 15) is 14.7 Å². The molecule has 1 unspecified atom stereocenters. The number of aromatic carboxylic acids is 1. The van der Waals surface area contributed by atoms with E-state index < -0.39 is 11.4 Å². The molecule has 1 amide bonds. The number of anilines is 1. The molecule has 5 nitrogen and oxygen atoms in total. The summed E-state index contributed by atoms with van der Waals surface area (Å²) in [5, 5.41) is 9.22. The highest BCUT2D eigenvalue weighted by Gasteiger charge is 2.39. The standard InChI is InChI=1S/C13H15BrN2O3/c1-13(12(15)19)4-5-16(7-13)10-6-8(14)2-3-9(10)11(17)18/h2-3,6H,4-5,7H2,1H3,(H2,15,19)(H,17,18). The molecule has 0 aromatic heterocycles. The number of carbonyl (C=O) groups is 2. The molecule has 3 N–H and O–H groups in total. The highest BCUT2D eigenvalue weighted by molar-refractivity contribution is 9.10. The Kier molecular flexibility index (Phi) is 3.54. The van der Waals surface area contributed by atoms with Gasteiger partial charge in [0, 0.05) is 17.6 Å². The Labute approximate surface area is 119 Å². The zero-order valence-corrected chi connectivity index (χ0v) is 12.1. The van der Waals surface area contributed by atoms with Gasteiger partial charge in [0.1, 0.15) is 0 Å². The molecule has 1 saturated heterocycles. The van der Waals surface area contributed by atoms with E-state index in [0.29, 0.717) is 25.2 Å². The number of halogens is 1. The highest BCUT2D eigenvalue weighted by Crippen LogP contribution is 2.35. The van der Waals surface area contributed by atoms with Gasteiger partial charge in [-0.3, -0.25) is 4.79 Å². The summed E-state index contributed by atoms with van der Waals surface area (Å²) in [6.07, 6.45) is 0.633. The molecule has 1 aliphatic rings. The molecular weight excluding hydrogens is 312 g/mol. The molecule has 0 bridgehead atoms. The van der Waals surface area contributed by atoms with Gasteiger partial charge in [0.05, 0.1) is 16.7 Å². The first-order chi connectivity index (χ1) is 8.83. The third-order valence-corrected chi connectivity index (χ3v) is 4.09. The molecule has 19 heavy (non-hydrogen) atoms. The predicted molar refractivity (Wildman–Crippen MR) is 75.2 cm³/mol. The first-order valence-corrected chi connectivity index (χ1v) is 6.70. The van der Waals surface area contributed by atoms with Crippen LogP contribution in [-0.2, 0) is 4.79 Å². The van der Waals surface area contributed by atoms with Crippen LogP contribution in [0.3, 0.4) is 0 Å². The average molecular weight is 327 g/mol. The summed E-state index contributed by atoms with van der Waals surface area (Å²) in [5.41, 5.74) is 5.66. The minimum Gasteiger partial charge on any atom is -0.478 e. The van der Waals surface area contributed by atoms with E-state index in [4.69, 9.17) is 5.73 Å². The summed E-state index contributed by atoms with van der Waals surface area (Å²) in [7, 11) is 0. The third kappa shape index (κ3) is 2.58. The Bertz CT molecular complexity index is 547. The molecular formula is C13H15BrN2O3. The SMILES string of the molecule is CC1(C(N)=O)CCN(c2cc(Br)ccc2C(=O)O)C1. The van der Waals surface area contributed by atoms with Gasteiger partial charge in [0.25, 0.3) is 0 Å². The van der Waals surface area contributed by atoms with Gasteiger partial charge in [-0.05, 0) is 31.5 Å². The van der Waals surface area contributed by atoms with Crippen molar-refractivity contribution < 1.29 is 14.7 Å². The molecule has 1 aromatic carbocycles. The lowest BCUT2D eigenvalue weighted by Crippen LogP contribution is -2.37. The van der Waals surface area contributed by atoms with Crippen LogP contribution < -0.4 is 10.6 Å². The number of amides is 1. The van der Waals surface area contributed by atoms with Crippen LogP contribution in [0.1, 0.15) is 23.7 Å². The molecule has 1 aromatic rings. The van der Waals surface area contributed by atoms with E-state index in [-0.39, 0.29) is 11.5 Å². The summed E-state index contributed by atoms with van der Waals surface area (Å²) in [6.45, 7) is 2.88. The molecule has 6 heteroatoms. The molecule has 0 saturated carbocycles. The topological polar surface area (TPSA) is 83.6 Å². The highest BCUT2D eigenvalue weighted by atomic mass is 79.9. The monoisotopic (exact) mass is 326 g/mol. The van der Waals surface area contributed by atoms with Gasteiger partial charge < -0.3 is 15.7 Å². The molecule has 1 atom stereocenters. The van der Waals surface area contributed by atoms with Crippen molar-refractivity contribution in [3.8, 4) is 0 Å². The van der Waals surface area contributed by atoms with E-state index in [2.05, 4.69) is 15.9 Å². The fourth-order valence-electron chi connectivity index (χ4n) is 2.32. The van der Waals surface area contributed by atoms with Gasteiger partial charge in [-0.1, -0.05) is 15.9 Å². The Hall–Kier alpha value is -1.56. The summed E-state index contributed by atoms with van der Waals surface area (Å²) in [6, 6.07) is 5.01. The second-order valence-electron chi connectivity index (χ2n) is 5.06. The average Bonchev–Trinajstić information content (AvgIpc) is 2.73. The van der Waals surface area contributed by atoms with Crippen molar-refractivity contribution in [2.75, 3.05) is 18.0 Å². The first kappa shape index (κ1) is 13.9. The van der Waals surface area contributed by atoms with Gasteiger partial charge in [-0.25, -0.2) is 4.79 Å². The maximum atomic E-state index is 11.5. The Morgan fingerprint density at radius 3 is 2.68 bits per heavy atom. The van der Waals surface area contributed by atoms with Gasteiger partial charge >= 0.3 is 5.97 Å². The third-order valence-electron chi connectivity index (χ3n) is 3.60. The van der Waals surface area contributed by atoms with Crippen LogP contribution in [0, 0.1) is 5.41 Å². The fraction of sp³-hybridized carbons (Fsp3) is 0.385. The van der Waals surface area contributed by atoms with Crippen molar-refractivity contribution in [3.63, 3.8) is 0 Å². The maximum absolute atomic E-state index is 11.5. The number of benzene rings is 1. The van der Waals surface area contributed by atoms with Crippen LogP contribution in [0.2, 0.25) is 0 Å². The summed E-state index contributed by atoms with van der Waals surface area (Å²) in [5.74, 6) is -1.32. The quantitative estimate of drug-likeness (QED) is 0.887.